The summed E-state index contributed by atoms with van der Waals surface area (Å²) in [4.78, 5) is 43.1. The number of aromatic nitrogens is 2. The minimum Gasteiger partial charge on any atom is -0.338 e. The van der Waals surface area contributed by atoms with Crippen molar-refractivity contribution in [1.82, 2.24) is 25.3 Å². The lowest BCUT2D eigenvalue weighted by Crippen LogP contribution is -2.60. The molecule has 0 bridgehead atoms. The van der Waals surface area contributed by atoms with E-state index < -0.39 is 0 Å². The van der Waals surface area contributed by atoms with E-state index in [1.807, 2.05) is 51.9 Å². The highest BCUT2D eigenvalue weighted by Crippen LogP contribution is 2.35. The van der Waals surface area contributed by atoms with Gasteiger partial charge in [-0.25, -0.2) is 10.2 Å². The van der Waals surface area contributed by atoms with Gasteiger partial charge in [-0.3, -0.25) is 19.6 Å². The van der Waals surface area contributed by atoms with Crippen LogP contribution in [0.5, 0.6) is 0 Å². The average Bonchev–Trinajstić information content (AvgIpc) is 3.26. The highest BCUT2D eigenvalue weighted by molar-refractivity contribution is 5.94. The van der Waals surface area contributed by atoms with Crippen LogP contribution in [0.25, 0.3) is 11.0 Å². The first-order chi connectivity index (χ1) is 17.6. The van der Waals surface area contributed by atoms with Crippen molar-refractivity contribution < 1.29 is 9.59 Å². The van der Waals surface area contributed by atoms with Gasteiger partial charge in [-0.1, -0.05) is 37.1 Å². The normalized spacial score (nSPS) is 24.9. The van der Waals surface area contributed by atoms with Gasteiger partial charge in [-0.15, -0.1) is 0 Å². The van der Waals surface area contributed by atoms with E-state index in [2.05, 4.69) is 21.9 Å². The third-order valence-electron chi connectivity index (χ3n) is 8.42. The maximum atomic E-state index is 13.4. The van der Waals surface area contributed by atoms with Crippen LogP contribution < -0.4 is 16.5 Å². The summed E-state index contributed by atoms with van der Waals surface area (Å²) in [7, 11) is 0. The molecule has 2 amide bonds. The van der Waals surface area contributed by atoms with Gasteiger partial charge in [0.1, 0.15) is 0 Å². The van der Waals surface area contributed by atoms with Crippen molar-refractivity contribution in [3.05, 3.63) is 70.1 Å². The van der Waals surface area contributed by atoms with Gasteiger partial charge < -0.3 is 9.88 Å². The Bertz CT molecular complexity index is 1340. The number of carbonyl (C=O) groups is 2. The SMILES string of the molecule is O=C1NNC(Cc2cccc(C(=O)N3CCC(n4c(=O)[nH]c5ccccc54)CC3)c2)C2CCCCC12. The molecule has 0 radical (unpaired) electrons. The van der Waals surface area contributed by atoms with Crippen molar-refractivity contribution in [2.24, 2.45) is 11.8 Å². The largest absolute Gasteiger partial charge is 0.338 e. The summed E-state index contributed by atoms with van der Waals surface area (Å²) < 4.78 is 1.85. The predicted octanol–water partition coefficient (Wildman–Crippen LogP) is 3.16. The molecule has 1 saturated carbocycles. The van der Waals surface area contributed by atoms with Crippen LogP contribution in [0, 0.1) is 11.8 Å². The van der Waals surface area contributed by atoms with Gasteiger partial charge in [0.05, 0.1) is 11.0 Å². The zero-order valence-corrected chi connectivity index (χ0v) is 20.4. The number of nitrogens with one attached hydrogen (secondary N) is 3. The number of hydrogen-bond donors (Lipinski definition) is 3. The highest BCUT2D eigenvalue weighted by atomic mass is 16.2. The van der Waals surface area contributed by atoms with E-state index in [1.165, 1.54) is 6.42 Å². The lowest BCUT2D eigenvalue weighted by molar-refractivity contribution is -0.133. The van der Waals surface area contributed by atoms with Crippen molar-refractivity contribution >= 4 is 22.8 Å². The number of fused-ring (bicyclic) bond motifs is 2. The number of imidazole rings is 1. The van der Waals surface area contributed by atoms with Gasteiger partial charge in [-0.2, -0.15) is 0 Å². The van der Waals surface area contributed by atoms with Crippen LogP contribution in [0.4, 0.5) is 0 Å². The van der Waals surface area contributed by atoms with Crippen molar-refractivity contribution in [3.63, 3.8) is 0 Å². The number of para-hydroxylation sites is 2. The molecule has 3 aromatic rings. The molecule has 6 rings (SSSR count). The molecule has 2 aliphatic heterocycles. The molecule has 2 saturated heterocycles. The van der Waals surface area contributed by atoms with Gasteiger partial charge in [0.2, 0.25) is 5.91 Å². The Kier molecular flexibility index (Phi) is 6.13. The molecule has 2 aromatic carbocycles. The van der Waals surface area contributed by atoms with Crippen molar-refractivity contribution in [2.75, 3.05) is 13.1 Å². The minimum absolute atomic E-state index is 0.0435. The molecule has 8 nitrogen and oxygen atoms in total. The number of benzene rings is 2. The number of likely N-dealkylation sites (tertiary alicyclic amines) is 1. The zero-order valence-electron chi connectivity index (χ0n) is 20.4. The maximum Gasteiger partial charge on any atom is 0.326 e. The molecule has 0 spiro atoms. The number of amides is 2. The molecule has 1 aliphatic carbocycles. The Balaban J connectivity index is 1.12. The lowest BCUT2D eigenvalue weighted by Gasteiger charge is -2.41. The molecule has 3 N–H and O–H groups in total. The standard InChI is InChI=1S/C28H33N5O3/c34-26-22-9-2-1-8-21(22)24(30-31-26)17-18-6-5-7-19(16-18)27(35)32-14-12-20(13-15-32)33-25-11-4-3-10-23(25)29-28(33)36/h3-7,10-11,16,20-22,24,30H,1-2,8-9,12-15,17H2,(H,29,36)(H,31,34). The van der Waals surface area contributed by atoms with Gasteiger partial charge in [-0.05, 0) is 67.9 Å². The number of H-pyrrole nitrogens is 1. The molecular weight excluding hydrogens is 454 g/mol. The number of rotatable bonds is 4. The van der Waals surface area contributed by atoms with E-state index >= 15 is 0 Å². The fourth-order valence-corrected chi connectivity index (χ4v) is 6.56. The van der Waals surface area contributed by atoms with Crippen LogP contribution in [0.1, 0.15) is 60.5 Å². The molecular formula is C28H33N5O3. The Labute approximate surface area is 210 Å². The second-order valence-electron chi connectivity index (χ2n) is 10.5. The summed E-state index contributed by atoms with van der Waals surface area (Å²) in [6.07, 6.45) is 6.62. The van der Waals surface area contributed by atoms with Crippen LogP contribution in [0.3, 0.4) is 0 Å². The number of hydrazine groups is 1. The summed E-state index contributed by atoms with van der Waals surface area (Å²) in [5, 5.41) is 0. The smallest absolute Gasteiger partial charge is 0.326 e. The van der Waals surface area contributed by atoms with Crippen molar-refractivity contribution in [2.45, 2.75) is 57.0 Å². The van der Waals surface area contributed by atoms with Crippen LogP contribution in [0.15, 0.2) is 53.3 Å². The molecule has 3 heterocycles. The van der Waals surface area contributed by atoms with E-state index in [-0.39, 0.29) is 35.5 Å². The van der Waals surface area contributed by atoms with E-state index in [9.17, 15) is 14.4 Å². The second kappa shape index (κ2) is 9.58. The van der Waals surface area contributed by atoms with Crippen LogP contribution in [-0.2, 0) is 11.2 Å². The first-order valence-electron chi connectivity index (χ1n) is 13.2. The molecule has 3 unspecified atom stereocenters. The van der Waals surface area contributed by atoms with E-state index in [1.54, 1.807) is 0 Å². The summed E-state index contributed by atoms with van der Waals surface area (Å²) in [5.41, 5.74) is 9.63. The third kappa shape index (κ3) is 4.23. The quantitative estimate of drug-likeness (QED) is 0.526. The summed E-state index contributed by atoms with van der Waals surface area (Å²) in [6.45, 7) is 1.25. The predicted molar refractivity (Wildman–Crippen MR) is 137 cm³/mol. The van der Waals surface area contributed by atoms with Gasteiger partial charge in [0, 0.05) is 36.7 Å². The highest BCUT2D eigenvalue weighted by Gasteiger charge is 2.39. The van der Waals surface area contributed by atoms with Crippen LogP contribution in [-0.4, -0.2) is 45.4 Å². The first-order valence-corrected chi connectivity index (χ1v) is 13.2. The van der Waals surface area contributed by atoms with Gasteiger partial charge in [0.15, 0.2) is 0 Å². The summed E-state index contributed by atoms with van der Waals surface area (Å²) in [6, 6.07) is 16.0. The Morgan fingerprint density at radius 2 is 1.75 bits per heavy atom. The van der Waals surface area contributed by atoms with Crippen molar-refractivity contribution in [1.29, 1.82) is 0 Å². The van der Waals surface area contributed by atoms with Crippen LogP contribution >= 0.6 is 0 Å². The van der Waals surface area contributed by atoms with Crippen molar-refractivity contribution in [3.8, 4) is 0 Å². The molecule has 3 fully saturated rings. The first kappa shape index (κ1) is 23.0. The molecule has 3 aliphatic rings. The number of nitrogens with zero attached hydrogens (tertiary/aromatic N) is 2. The molecule has 8 heteroatoms. The fraction of sp³-hybridized carbons (Fsp3) is 0.464. The number of aromatic amines is 1. The summed E-state index contributed by atoms with van der Waals surface area (Å²) >= 11 is 0. The topological polar surface area (TPSA) is 99.2 Å². The minimum atomic E-state index is -0.0820. The monoisotopic (exact) mass is 487 g/mol. The second-order valence-corrected chi connectivity index (χ2v) is 10.5. The van der Waals surface area contributed by atoms with Gasteiger partial charge >= 0.3 is 5.69 Å². The third-order valence-corrected chi connectivity index (χ3v) is 8.42. The Morgan fingerprint density at radius 1 is 0.944 bits per heavy atom. The summed E-state index contributed by atoms with van der Waals surface area (Å²) in [5.74, 6) is 0.611. The average molecular weight is 488 g/mol. The molecule has 1 aromatic heterocycles. The van der Waals surface area contributed by atoms with E-state index in [0.29, 0.717) is 24.6 Å². The molecule has 188 valence electrons. The van der Waals surface area contributed by atoms with E-state index in [0.717, 1.165) is 55.1 Å². The maximum absolute atomic E-state index is 13.4. The number of hydrogen-bond acceptors (Lipinski definition) is 4. The van der Waals surface area contributed by atoms with Crippen LogP contribution in [0.2, 0.25) is 0 Å². The Hall–Kier alpha value is -3.39. The number of piperidine rings is 1. The Morgan fingerprint density at radius 3 is 2.61 bits per heavy atom. The fourth-order valence-electron chi connectivity index (χ4n) is 6.56. The molecule has 3 atom stereocenters. The molecule has 36 heavy (non-hydrogen) atoms. The van der Waals surface area contributed by atoms with Gasteiger partial charge in [0.25, 0.3) is 5.91 Å². The zero-order chi connectivity index (χ0) is 24.6. The lowest BCUT2D eigenvalue weighted by atomic mass is 9.72. The van der Waals surface area contributed by atoms with E-state index in [4.69, 9.17) is 0 Å². The number of carbonyl (C=O) groups excluding carboxylic acids is 2.